The standard InChI is InChI=1S/C40H39ClN2O6/c1-2-49-33-20-23(16-19-32(33)44)35-28-17-18-29-34(38(47)42(36(29)45)26-13-7-4-8-14-26)30(28)22-31-37(46)43(27-15-9-12-25(41)21-27)39(48)40(31,35)24-10-5-3-6-11-24/h3,5-6,9-12,15-17,19-21,26,29-31,34-35,44H,2,4,7-8,13-14,18,22H2,1H3/t29-,30+,31-,34-,35-,40+/m0/s1. The Bertz CT molecular complexity index is 1890. The number of phenols is 1. The van der Waals surface area contributed by atoms with E-state index in [1.54, 1.807) is 47.4 Å². The molecule has 6 atom stereocenters. The zero-order chi connectivity index (χ0) is 34.0. The summed E-state index contributed by atoms with van der Waals surface area (Å²) in [5.41, 5.74) is 1.27. The molecule has 5 aliphatic rings. The number of allylic oxidation sites excluding steroid dienone is 2. The zero-order valence-electron chi connectivity index (χ0n) is 27.4. The van der Waals surface area contributed by atoms with Crippen LogP contribution in [0.15, 0.2) is 84.4 Å². The summed E-state index contributed by atoms with van der Waals surface area (Å²) < 4.78 is 5.84. The van der Waals surface area contributed by atoms with Crippen LogP contribution in [-0.4, -0.2) is 46.3 Å². The van der Waals surface area contributed by atoms with Gasteiger partial charge in [-0.3, -0.25) is 24.1 Å². The second-order valence-corrected chi connectivity index (χ2v) is 14.5. The van der Waals surface area contributed by atoms with Gasteiger partial charge in [-0.25, -0.2) is 4.90 Å². The van der Waals surface area contributed by atoms with E-state index in [2.05, 4.69) is 6.08 Å². The molecule has 9 heteroatoms. The molecule has 0 bridgehead atoms. The lowest BCUT2D eigenvalue weighted by Gasteiger charge is -2.50. The Morgan fingerprint density at radius 1 is 0.878 bits per heavy atom. The number of nitrogens with zero attached hydrogens (tertiary/aromatic N) is 2. The first-order chi connectivity index (χ1) is 23.8. The largest absolute Gasteiger partial charge is 0.504 e. The van der Waals surface area contributed by atoms with Crippen LogP contribution in [0.5, 0.6) is 11.5 Å². The summed E-state index contributed by atoms with van der Waals surface area (Å²) in [7, 11) is 0. The SMILES string of the molecule is CCOc1cc([C@H]2C3=CC[C@@H]4C(=O)N(C5CCCCC5)C(=O)[C@@H]4[C@@H]3C[C@H]3C(=O)N(c4cccc(Cl)c4)C(=O)[C@@]23c2ccccc2)ccc1O. The Labute approximate surface area is 290 Å². The number of phenolic OH excluding ortho intramolecular Hbond substituents is 1. The van der Waals surface area contributed by atoms with E-state index in [4.69, 9.17) is 16.3 Å². The molecule has 8 nitrogen and oxygen atoms in total. The van der Waals surface area contributed by atoms with Crippen molar-refractivity contribution in [2.45, 2.75) is 69.2 Å². The predicted octanol–water partition coefficient (Wildman–Crippen LogP) is 6.94. The zero-order valence-corrected chi connectivity index (χ0v) is 28.1. The molecule has 2 saturated carbocycles. The van der Waals surface area contributed by atoms with Crippen molar-refractivity contribution >= 4 is 40.9 Å². The highest BCUT2D eigenvalue weighted by Gasteiger charge is 2.70. The van der Waals surface area contributed by atoms with E-state index in [0.29, 0.717) is 34.9 Å². The van der Waals surface area contributed by atoms with Crippen LogP contribution in [-0.2, 0) is 24.6 Å². The normalized spacial score (nSPS) is 29.8. The maximum atomic E-state index is 15.3. The molecular weight excluding hydrogens is 640 g/mol. The van der Waals surface area contributed by atoms with Crippen LogP contribution in [0.25, 0.3) is 0 Å². The van der Waals surface area contributed by atoms with Crippen molar-refractivity contribution in [1.29, 1.82) is 0 Å². The van der Waals surface area contributed by atoms with Crippen molar-refractivity contribution in [3.63, 3.8) is 0 Å². The van der Waals surface area contributed by atoms with E-state index in [0.717, 1.165) is 37.7 Å². The number of ether oxygens (including phenoxy) is 1. The molecule has 49 heavy (non-hydrogen) atoms. The smallest absolute Gasteiger partial charge is 0.246 e. The van der Waals surface area contributed by atoms with Gasteiger partial charge in [0, 0.05) is 17.0 Å². The van der Waals surface area contributed by atoms with Crippen molar-refractivity contribution in [2.75, 3.05) is 11.5 Å². The molecule has 2 aliphatic heterocycles. The van der Waals surface area contributed by atoms with Gasteiger partial charge in [0.25, 0.3) is 0 Å². The topological polar surface area (TPSA) is 104 Å². The number of hydrogen-bond donors (Lipinski definition) is 1. The maximum absolute atomic E-state index is 15.3. The summed E-state index contributed by atoms with van der Waals surface area (Å²) in [5, 5.41) is 11.1. The lowest BCUT2D eigenvalue weighted by atomic mass is 9.49. The van der Waals surface area contributed by atoms with Crippen LogP contribution < -0.4 is 9.64 Å². The van der Waals surface area contributed by atoms with Crippen molar-refractivity contribution in [1.82, 2.24) is 4.90 Å². The van der Waals surface area contributed by atoms with E-state index < -0.39 is 35.0 Å². The number of hydrogen-bond acceptors (Lipinski definition) is 6. The van der Waals surface area contributed by atoms with Crippen LogP contribution in [0.3, 0.4) is 0 Å². The lowest BCUT2D eigenvalue weighted by Crippen LogP contribution is -2.53. The molecule has 0 aromatic heterocycles. The van der Waals surface area contributed by atoms with Gasteiger partial charge >= 0.3 is 0 Å². The van der Waals surface area contributed by atoms with Gasteiger partial charge in [0.1, 0.15) is 0 Å². The number of fused-ring (bicyclic) bond motifs is 4. The van der Waals surface area contributed by atoms with E-state index >= 15 is 4.79 Å². The van der Waals surface area contributed by atoms with Crippen molar-refractivity contribution in [2.24, 2.45) is 23.7 Å². The monoisotopic (exact) mass is 678 g/mol. The average Bonchev–Trinajstić information content (AvgIpc) is 3.50. The van der Waals surface area contributed by atoms with E-state index in [-0.39, 0.29) is 47.6 Å². The summed E-state index contributed by atoms with van der Waals surface area (Å²) >= 11 is 6.41. The van der Waals surface area contributed by atoms with Crippen LogP contribution >= 0.6 is 11.6 Å². The average molecular weight is 679 g/mol. The molecule has 4 amide bonds. The van der Waals surface area contributed by atoms with E-state index in [1.807, 2.05) is 37.3 Å². The number of amides is 4. The molecule has 252 valence electrons. The molecule has 0 unspecified atom stereocenters. The molecule has 2 heterocycles. The molecular formula is C40H39ClN2O6. The highest BCUT2D eigenvalue weighted by molar-refractivity contribution is 6.32. The van der Waals surface area contributed by atoms with E-state index in [9.17, 15) is 19.5 Å². The highest BCUT2D eigenvalue weighted by atomic mass is 35.5. The maximum Gasteiger partial charge on any atom is 0.246 e. The van der Waals surface area contributed by atoms with Gasteiger partial charge in [-0.15, -0.1) is 0 Å². The lowest BCUT2D eigenvalue weighted by molar-refractivity contribution is -0.143. The van der Waals surface area contributed by atoms with Gasteiger partial charge in [0.15, 0.2) is 11.5 Å². The number of rotatable bonds is 6. The summed E-state index contributed by atoms with van der Waals surface area (Å²) in [6.07, 6.45) is 7.42. The predicted molar refractivity (Wildman–Crippen MR) is 184 cm³/mol. The molecule has 3 aliphatic carbocycles. The van der Waals surface area contributed by atoms with E-state index in [1.165, 1.54) is 4.90 Å². The Morgan fingerprint density at radius 3 is 2.39 bits per heavy atom. The molecule has 4 fully saturated rings. The second kappa shape index (κ2) is 12.2. The second-order valence-electron chi connectivity index (χ2n) is 14.1. The Morgan fingerprint density at radius 2 is 1.65 bits per heavy atom. The van der Waals surface area contributed by atoms with Crippen molar-refractivity contribution in [3.8, 4) is 11.5 Å². The van der Waals surface area contributed by atoms with Crippen molar-refractivity contribution in [3.05, 3.63) is 101 Å². The third-order valence-electron chi connectivity index (χ3n) is 11.8. The minimum atomic E-state index is -1.38. The fraction of sp³-hybridized carbons (Fsp3) is 0.400. The molecule has 0 radical (unpaired) electrons. The minimum Gasteiger partial charge on any atom is -0.504 e. The summed E-state index contributed by atoms with van der Waals surface area (Å²) in [6.45, 7) is 2.15. The Kier molecular flexibility index (Phi) is 7.90. The highest BCUT2D eigenvalue weighted by Crippen LogP contribution is 2.65. The third-order valence-corrected chi connectivity index (χ3v) is 12.0. The number of aromatic hydroxyl groups is 1. The van der Waals surface area contributed by atoms with Crippen LogP contribution in [0.2, 0.25) is 5.02 Å². The van der Waals surface area contributed by atoms with Gasteiger partial charge in [-0.2, -0.15) is 0 Å². The summed E-state index contributed by atoms with van der Waals surface area (Å²) in [5.74, 6) is -3.81. The summed E-state index contributed by atoms with van der Waals surface area (Å²) in [4.78, 5) is 61.6. The number of benzene rings is 3. The first-order valence-corrected chi connectivity index (χ1v) is 17.9. The molecule has 3 aromatic carbocycles. The first kappa shape index (κ1) is 31.8. The number of halogens is 1. The Balaban J connectivity index is 1.35. The summed E-state index contributed by atoms with van der Waals surface area (Å²) in [6, 6.07) is 21.2. The van der Waals surface area contributed by atoms with Gasteiger partial charge < -0.3 is 9.84 Å². The number of carbonyl (C=O) groups excluding carboxylic acids is 4. The number of anilines is 1. The molecule has 3 aromatic rings. The quantitative estimate of drug-likeness (QED) is 0.224. The molecule has 2 saturated heterocycles. The first-order valence-electron chi connectivity index (χ1n) is 17.5. The van der Waals surface area contributed by atoms with Crippen LogP contribution in [0.4, 0.5) is 5.69 Å². The van der Waals surface area contributed by atoms with Crippen LogP contribution in [0.1, 0.15) is 68.9 Å². The number of imide groups is 2. The van der Waals surface area contributed by atoms with Crippen molar-refractivity contribution < 1.29 is 29.0 Å². The van der Waals surface area contributed by atoms with Gasteiger partial charge in [-0.05, 0) is 80.0 Å². The van der Waals surface area contributed by atoms with Crippen LogP contribution in [0, 0.1) is 23.7 Å². The van der Waals surface area contributed by atoms with Gasteiger partial charge in [0.2, 0.25) is 23.6 Å². The number of likely N-dealkylation sites (tertiary alicyclic amines) is 1. The third kappa shape index (κ3) is 4.70. The molecule has 1 N–H and O–H groups in total. The van der Waals surface area contributed by atoms with Gasteiger partial charge in [-0.1, -0.05) is 85.0 Å². The molecule has 0 spiro atoms. The molecule has 8 rings (SSSR count). The minimum absolute atomic E-state index is 0.0324. The Hall–Kier alpha value is -4.43. The fourth-order valence-electron chi connectivity index (χ4n) is 9.82. The number of carbonyl (C=O) groups is 4. The van der Waals surface area contributed by atoms with Gasteiger partial charge in [0.05, 0.1) is 35.5 Å². The fourth-order valence-corrected chi connectivity index (χ4v) is 10.0.